The second-order valence-electron chi connectivity index (χ2n) is 8.39. The van der Waals surface area contributed by atoms with Crippen LogP contribution >= 0.6 is 23.4 Å². The van der Waals surface area contributed by atoms with Gasteiger partial charge in [0, 0.05) is 38.0 Å². The van der Waals surface area contributed by atoms with Gasteiger partial charge in [0.1, 0.15) is 0 Å². The van der Waals surface area contributed by atoms with Gasteiger partial charge in [-0.05, 0) is 30.5 Å². The number of rotatable bonds is 7. The maximum absolute atomic E-state index is 13.1. The first kappa shape index (κ1) is 23.3. The number of imidazole rings is 1. The number of halogens is 1. The molecule has 0 atom stereocenters. The number of hydrogen-bond acceptors (Lipinski definition) is 6. The van der Waals surface area contributed by atoms with Gasteiger partial charge >= 0.3 is 5.69 Å². The maximum atomic E-state index is 13.1. The van der Waals surface area contributed by atoms with Crippen molar-refractivity contribution < 1.29 is 0 Å². The molecule has 4 rings (SSSR count). The van der Waals surface area contributed by atoms with E-state index in [9.17, 15) is 14.4 Å². The number of benzene rings is 1. The van der Waals surface area contributed by atoms with Crippen LogP contribution in [0.2, 0.25) is 5.02 Å². The van der Waals surface area contributed by atoms with E-state index < -0.39 is 5.69 Å². The molecule has 0 saturated carbocycles. The lowest BCUT2D eigenvalue weighted by Gasteiger charge is -2.15. The van der Waals surface area contributed by atoms with Crippen molar-refractivity contribution in [3.63, 3.8) is 0 Å². The largest absolute Gasteiger partial charge is 0.332 e. The highest BCUT2D eigenvalue weighted by molar-refractivity contribution is 7.99. The van der Waals surface area contributed by atoms with E-state index in [1.807, 2.05) is 13.8 Å². The summed E-state index contributed by atoms with van der Waals surface area (Å²) in [4.78, 5) is 47.5. The van der Waals surface area contributed by atoms with E-state index >= 15 is 0 Å². The van der Waals surface area contributed by atoms with Gasteiger partial charge in [-0.2, -0.15) is 0 Å². The first-order chi connectivity index (χ1) is 15.7. The summed E-state index contributed by atoms with van der Waals surface area (Å²) in [5, 5.41) is 1.60. The molecule has 9 nitrogen and oxygen atoms in total. The molecule has 0 fully saturated rings. The molecule has 0 unspecified atom stereocenters. The number of aryl methyl sites for hydroxylation is 2. The van der Waals surface area contributed by atoms with Crippen LogP contribution in [-0.2, 0) is 27.2 Å². The van der Waals surface area contributed by atoms with Gasteiger partial charge in [0.25, 0.3) is 11.1 Å². The van der Waals surface area contributed by atoms with E-state index in [2.05, 4.69) is 4.98 Å². The molecule has 3 aromatic heterocycles. The number of hydrogen-bond donors (Lipinski definition) is 0. The van der Waals surface area contributed by atoms with Crippen molar-refractivity contribution in [1.82, 2.24) is 28.2 Å². The van der Waals surface area contributed by atoms with Gasteiger partial charge < -0.3 is 4.57 Å². The van der Waals surface area contributed by atoms with Crippen molar-refractivity contribution >= 4 is 45.4 Å². The Balaban J connectivity index is 1.59. The Labute approximate surface area is 198 Å². The molecular weight excluding hydrogens is 464 g/mol. The van der Waals surface area contributed by atoms with Crippen LogP contribution in [0.1, 0.15) is 20.3 Å². The zero-order valence-electron chi connectivity index (χ0n) is 18.9. The standard InChI is InChI=1S/C22H25ClN6O3S/c1-13(2)11-29-19(30)15-10-14(23)6-7-16(15)25-21(29)33-9-5-8-28-20(31)17-18(24-12-26(17)3)27(4)22(28)32/h6-7,10,12-13H,5,8-9,11H2,1-4H3. The molecule has 4 aromatic rings. The van der Waals surface area contributed by atoms with Crippen LogP contribution in [-0.4, -0.2) is 34.0 Å². The third-order valence-corrected chi connectivity index (χ3v) is 6.68. The summed E-state index contributed by atoms with van der Waals surface area (Å²) in [6.07, 6.45) is 2.08. The molecule has 11 heteroatoms. The maximum Gasteiger partial charge on any atom is 0.332 e. The molecule has 0 radical (unpaired) electrons. The summed E-state index contributed by atoms with van der Waals surface area (Å²) in [6.45, 7) is 4.88. The van der Waals surface area contributed by atoms with Gasteiger partial charge in [-0.1, -0.05) is 37.2 Å². The topological polar surface area (TPSA) is 96.7 Å². The predicted molar refractivity (Wildman–Crippen MR) is 131 cm³/mol. The van der Waals surface area contributed by atoms with E-state index in [0.29, 0.717) is 51.0 Å². The Morgan fingerprint density at radius 3 is 2.58 bits per heavy atom. The lowest BCUT2D eigenvalue weighted by Crippen LogP contribution is -2.39. The van der Waals surface area contributed by atoms with Gasteiger partial charge in [-0.3, -0.25) is 23.3 Å². The van der Waals surface area contributed by atoms with Crippen molar-refractivity contribution in [3.05, 3.63) is 60.7 Å². The Kier molecular flexibility index (Phi) is 6.49. The average molecular weight is 489 g/mol. The Hall–Kier alpha value is -2.85. The zero-order chi connectivity index (χ0) is 23.9. The molecule has 3 heterocycles. The average Bonchev–Trinajstić information content (AvgIpc) is 3.16. The zero-order valence-corrected chi connectivity index (χ0v) is 20.5. The fourth-order valence-corrected chi connectivity index (χ4v) is 4.89. The van der Waals surface area contributed by atoms with Crippen molar-refractivity contribution in [2.75, 3.05) is 5.75 Å². The van der Waals surface area contributed by atoms with E-state index in [4.69, 9.17) is 16.6 Å². The van der Waals surface area contributed by atoms with Crippen LogP contribution in [0.25, 0.3) is 22.1 Å². The van der Waals surface area contributed by atoms with Gasteiger partial charge in [-0.25, -0.2) is 14.8 Å². The van der Waals surface area contributed by atoms with E-state index in [0.717, 1.165) is 0 Å². The van der Waals surface area contributed by atoms with Crippen molar-refractivity contribution in [2.24, 2.45) is 20.0 Å². The number of thioether (sulfide) groups is 1. The highest BCUT2D eigenvalue weighted by Gasteiger charge is 2.16. The highest BCUT2D eigenvalue weighted by Crippen LogP contribution is 2.21. The molecule has 0 N–H and O–H groups in total. The molecule has 0 aliphatic rings. The molecule has 0 saturated heterocycles. The van der Waals surface area contributed by atoms with E-state index in [-0.39, 0.29) is 23.6 Å². The first-order valence-electron chi connectivity index (χ1n) is 10.6. The molecule has 33 heavy (non-hydrogen) atoms. The normalized spacial score (nSPS) is 11.8. The van der Waals surface area contributed by atoms with Gasteiger partial charge in [-0.15, -0.1) is 0 Å². The molecular formula is C22H25ClN6O3S. The molecule has 0 aliphatic carbocycles. The van der Waals surface area contributed by atoms with Crippen LogP contribution in [0.3, 0.4) is 0 Å². The number of aromatic nitrogens is 6. The highest BCUT2D eigenvalue weighted by atomic mass is 35.5. The Morgan fingerprint density at radius 2 is 1.85 bits per heavy atom. The third-order valence-electron chi connectivity index (χ3n) is 5.39. The lowest BCUT2D eigenvalue weighted by molar-refractivity contribution is 0.475. The van der Waals surface area contributed by atoms with Crippen LogP contribution in [0.4, 0.5) is 0 Å². The molecule has 0 bridgehead atoms. The molecule has 0 amide bonds. The summed E-state index contributed by atoms with van der Waals surface area (Å²) < 4.78 is 5.93. The second-order valence-corrected chi connectivity index (χ2v) is 9.89. The predicted octanol–water partition coefficient (Wildman–Crippen LogP) is 2.64. The van der Waals surface area contributed by atoms with Crippen LogP contribution in [0.5, 0.6) is 0 Å². The van der Waals surface area contributed by atoms with Crippen molar-refractivity contribution in [2.45, 2.75) is 38.5 Å². The number of fused-ring (bicyclic) bond motifs is 2. The van der Waals surface area contributed by atoms with E-state index in [1.54, 1.807) is 41.4 Å². The number of nitrogens with zero attached hydrogens (tertiary/aromatic N) is 6. The van der Waals surface area contributed by atoms with Crippen LogP contribution < -0.4 is 16.8 Å². The molecule has 0 aliphatic heterocycles. The minimum atomic E-state index is -0.395. The van der Waals surface area contributed by atoms with Gasteiger partial charge in [0.15, 0.2) is 16.3 Å². The van der Waals surface area contributed by atoms with Crippen molar-refractivity contribution in [1.29, 1.82) is 0 Å². The smallest absolute Gasteiger partial charge is 0.328 e. The summed E-state index contributed by atoms with van der Waals surface area (Å²) in [5.74, 6) is 0.843. The lowest BCUT2D eigenvalue weighted by atomic mass is 10.2. The monoisotopic (exact) mass is 488 g/mol. The fourth-order valence-electron chi connectivity index (χ4n) is 3.79. The quantitative estimate of drug-likeness (QED) is 0.225. The minimum absolute atomic E-state index is 0.120. The molecule has 0 spiro atoms. The van der Waals surface area contributed by atoms with Crippen molar-refractivity contribution in [3.8, 4) is 0 Å². The second kappa shape index (κ2) is 9.18. The van der Waals surface area contributed by atoms with Gasteiger partial charge in [0.05, 0.1) is 17.2 Å². The summed E-state index contributed by atoms with van der Waals surface area (Å²) >= 11 is 7.53. The Bertz CT molecular complexity index is 1530. The van der Waals surface area contributed by atoms with Crippen LogP contribution in [0.15, 0.2) is 44.1 Å². The fraction of sp³-hybridized carbons (Fsp3) is 0.409. The SMILES string of the molecule is CC(C)Cn1c(SCCCn2c(=O)c3c(ncn3C)n(C)c2=O)nc2ccc(Cl)cc2c1=O. The Morgan fingerprint density at radius 1 is 1.09 bits per heavy atom. The van der Waals surface area contributed by atoms with E-state index in [1.165, 1.54) is 27.2 Å². The summed E-state index contributed by atoms with van der Waals surface area (Å²) in [5.41, 5.74) is 0.495. The minimum Gasteiger partial charge on any atom is -0.328 e. The van der Waals surface area contributed by atoms with Gasteiger partial charge in [0.2, 0.25) is 0 Å². The summed E-state index contributed by atoms with van der Waals surface area (Å²) in [6, 6.07) is 5.11. The first-order valence-corrected chi connectivity index (χ1v) is 12.0. The summed E-state index contributed by atoms with van der Waals surface area (Å²) in [7, 11) is 3.34. The molecule has 1 aromatic carbocycles. The molecule has 174 valence electrons. The van der Waals surface area contributed by atoms with Crippen LogP contribution in [0, 0.1) is 5.92 Å². The third kappa shape index (κ3) is 4.37.